The molecule has 1 N–H and O–H groups in total. The lowest BCUT2D eigenvalue weighted by Crippen LogP contribution is -2.39. The highest BCUT2D eigenvalue weighted by atomic mass is 19.1. The monoisotopic (exact) mass is 267 g/mol. The molecule has 1 aliphatic heterocycles. The summed E-state index contributed by atoms with van der Waals surface area (Å²) in [5.74, 6) is -0.258. The summed E-state index contributed by atoms with van der Waals surface area (Å²) in [7, 11) is 2.03. The van der Waals surface area contributed by atoms with Crippen molar-refractivity contribution in [3.05, 3.63) is 35.1 Å². The van der Waals surface area contributed by atoms with Gasteiger partial charge in [0.25, 0.3) is 0 Å². The van der Waals surface area contributed by atoms with Gasteiger partial charge in [-0.15, -0.1) is 0 Å². The molecule has 0 aromatic heterocycles. The minimum absolute atomic E-state index is 0.258. The van der Waals surface area contributed by atoms with E-state index in [4.69, 9.17) is 4.74 Å². The third-order valence-electron chi connectivity index (χ3n) is 3.87. The molecule has 1 heterocycles. The molecule has 1 saturated heterocycles. The van der Waals surface area contributed by atoms with Crippen molar-refractivity contribution >= 4 is 0 Å². The van der Waals surface area contributed by atoms with Crippen LogP contribution >= 0.6 is 0 Å². The van der Waals surface area contributed by atoms with Crippen LogP contribution in [0.2, 0.25) is 0 Å². The normalized spacial score (nSPS) is 18.8. The first-order valence-corrected chi connectivity index (χ1v) is 6.80. The van der Waals surface area contributed by atoms with Crippen LogP contribution < -0.4 is 0 Å². The molecule has 0 saturated carbocycles. The summed E-state index contributed by atoms with van der Waals surface area (Å²) >= 11 is 0. The quantitative estimate of drug-likeness (QED) is 0.908. The summed E-state index contributed by atoms with van der Waals surface area (Å²) in [5, 5.41) is 10.3. The lowest BCUT2D eigenvalue weighted by molar-refractivity contribution is 0.0252. The Morgan fingerprint density at radius 3 is 2.74 bits per heavy atom. The number of hydrogen-bond acceptors (Lipinski definition) is 3. The second kappa shape index (κ2) is 6.46. The van der Waals surface area contributed by atoms with Gasteiger partial charge in [-0.25, -0.2) is 4.39 Å². The van der Waals surface area contributed by atoms with Crippen LogP contribution in [-0.4, -0.2) is 42.9 Å². The predicted molar refractivity (Wildman–Crippen MR) is 72.6 cm³/mol. The van der Waals surface area contributed by atoms with E-state index in [9.17, 15) is 9.50 Å². The van der Waals surface area contributed by atoms with Crippen molar-refractivity contribution in [2.24, 2.45) is 0 Å². The first kappa shape index (κ1) is 14.4. The summed E-state index contributed by atoms with van der Waals surface area (Å²) in [4.78, 5) is 2.18. The topological polar surface area (TPSA) is 32.7 Å². The van der Waals surface area contributed by atoms with E-state index >= 15 is 0 Å². The van der Waals surface area contributed by atoms with Gasteiger partial charge in [-0.2, -0.15) is 0 Å². The van der Waals surface area contributed by atoms with Crippen molar-refractivity contribution in [3.63, 3.8) is 0 Å². The Kier molecular flexibility index (Phi) is 4.91. The van der Waals surface area contributed by atoms with Crippen molar-refractivity contribution in [3.8, 4) is 0 Å². The maximum Gasteiger partial charge on any atom is 0.123 e. The summed E-state index contributed by atoms with van der Waals surface area (Å²) in [6, 6.07) is 5.00. The number of aliphatic hydroxyl groups excluding tert-OH is 1. The molecular formula is C15H22FNO2. The van der Waals surface area contributed by atoms with Crippen LogP contribution in [-0.2, 0) is 4.74 Å². The molecule has 1 aromatic rings. The van der Waals surface area contributed by atoms with Crippen LogP contribution in [0.25, 0.3) is 0 Å². The van der Waals surface area contributed by atoms with E-state index < -0.39 is 6.10 Å². The number of aliphatic hydroxyl groups is 1. The highest BCUT2D eigenvalue weighted by Crippen LogP contribution is 2.21. The van der Waals surface area contributed by atoms with Gasteiger partial charge in [0.05, 0.1) is 6.10 Å². The maximum absolute atomic E-state index is 13.1. The molecule has 1 fully saturated rings. The zero-order valence-corrected chi connectivity index (χ0v) is 11.6. The minimum atomic E-state index is -0.576. The molecule has 2 rings (SSSR count). The molecule has 0 bridgehead atoms. The molecule has 1 unspecified atom stereocenters. The predicted octanol–water partition coefficient (Wildman–Crippen LogP) is 2.28. The van der Waals surface area contributed by atoms with Crippen LogP contribution in [0.1, 0.15) is 30.1 Å². The van der Waals surface area contributed by atoms with Gasteiger partial charge in [-0.3, -0.25) is 0 Å². The van der Waals surface area contributed by atoms with Crippen molar-refractivity contribution in [2.45, 2.75) is 31.9 Å². The number of halogens is 1. The average molecular weight is 267 g/mol. The average Bonchev–Trinajstić information content (AvgIpc) is 2.39. The molecule has 0 aliphatic carbocycles. The van der Waals surface area contributed by atoms with E-state index in [1.807, 2.05) is 14.0 Å². The molecule has 3 nitrogen and oxygen atoms in total. The fourth-order valence-electron chi connectivity index (χ4n) is 2.66. The highest BCUT2D eigenvalue weighted by molar-refractivity contribution is 5.28. The van der Waals surface area contributed by atoms with E-state index in [0.29, 0.717) is 12.6 Å². The Balaban J connectivity index is 1.97. The van der Waals surface area contributed by atoms with Crippen LogP contribution in [0.5, 0.6) is 0 Å². The van der Waals surface area contributed by atoms with Gasteiger partial charge in [0.2, 0.25) is 0 Å². The smallest absolute Gasteiger partial charge is 0.123 e. The molecule has 19 heavy (non-hydrogen) atoms. The third-order valence-corrected chi connectivity index (χ3v) is 3.87. The molecule has 1 atom stereocenters. The Morgan fingerprint density at radius 1 is 1.42 bits per heavy atom. The lowest BCUT2D eigenvalue weighted by atomic mass is 10.0. The summed E-state index contributed by atoms with van der Waals surface area (Å²) < 4.78 is 18.4. The zero-order valence-electron chi connectivity index (χ0n) is 11.6. The van der Waals surface area contributed by atoms with Gasteiger partial charge < -0.3 is 14.7 Å². The fourth-order valence-corrected chi connectivity index (χ4v) is 2.66. The summed E-state index contributed by atoms with van der Waals surface area (Å²) in [5.41, 5.74) is 1.60. The molecule has 1 aliphatic rings. The maximum atomic E-state index is 13.1. The first-order valence-electron chi connectivity index (χ1n) is 6.80. The molecule has 1 aromatic carbocycles. The van der Waals surface area contributed by atoms with E-state index in [0.717, 1.165) is 37.2 Å². The van der Waals surface area contributed by atoms with Crippen molar-refractivity contribution < 1.29 is 14.2 Å². The molecule has 106 valence electrons. The summed E-state index contributed by atoms with van der Waals surface area (Å²) in [6.45, 7) is 3.98. The van der Waals surface area contributed by atoms with E-state index in [1.165, 1.54) is 12.1 Å². The Bertz CT molecular complexity index is 419. The van der Waals surface area contributed by atoms with E-state index in [2.05, 4.69) is 4.90 Å². The van der Waals surface area contributed by atoms with Crippen LogP contribution in [0.4, 0.5) is 4.39 Å². The van der Waals surface area contributed by atoms with Gasteiger partial charge in [0.1, 0.15) is 5.82 Å². The van der Waals surface area contributed by atoms with Crippen LogP contribution in [0.15, 0.2) is 18.2 Å². The SMILES string of the molecule is Cc1cc(F)ccc1C(O)CN(C)C1CCOCC1. The zero-order chi connectivity index (χ0) is 13.8. The number of hydrogen-bond donors (Lipinski definition) is 1. The molecule has 0 spiro atoms. The number of ether oxygens (including phenoxy) is 1. The number of nitrogens with zero attached hydrogens (tertiary/aromatic N) is 1. The van der Waals surface area contributed by atoms with Crippen molar-refractivity contribution in [1.29, 1.82) is 0 Å². The largest absolute Gasteiger partial charge is 0.387 e. The van der Waals surface area contributed by atoms with Gasteiger partial charge >= 0.3 is 0 Å². The van der Waals surface area contributed by atoms with Gasteiger partial charge in [-0.1, -0.05) is 6.07 Å². The lowest BCUT2D eigenvalue weighted by Gasteiger charge is -2.32. The number of benzene rings is 1. The van der Waals surface area contributed by atoms with Gasteiger partial charge in [0, 0.05) is 25.8 Å². The minimum Gasteiger partial charge on any atom is -0.387 e. The third kappa shape index (κ3) is 3.75. The Hall–Kier alpha value is -0.970. The Morgan fingerprint density at radius 2 is 2.11 bits per heavy atom. The Labute approximate surface area is 114 Å². The van der Waals surface area contributed by atoms with Gasteiger partial charge in [-0.05, 0) is 50.1 Å². The standard InChI is InChI=1S/C15H22FNO2/c1-11-9-12(16)3-4-14(11)15(18)10-17(2)13-5-7-19-8-6-13/h3-4,9,13,15,18H,5-8,10H2,1-2H3. The van der Waals surface area contributed by atoms with Crippen LogP contribution in [0.3, 0.4) is 0 Å². The molecule has 4 heteroatoms. The molecule has 0 amide bonds. The fraction of sp³-hybridized carbons (Fsp3) is 0.600. The van der Waals surface area contributed by atoms with E-state index in [1.54, 1.807) is 6.07 Å². The molecule has 0 radical (unpaired) electrons. The van der Waals surface area contributed by atoms with Crippen molar-refractivity contribution in [2.75, 3.05) is 26.8 Å². The molecular weight excluding hydrogens is 245 g/mol. The highest BCUT2D eigenvalue weighted by Gasteiger charge is 2.21. The second-order valence-electron chi connectivity index (χ2n) is 5.30. The number of likely N-dealkylation sites (N-methyl/N-ethyl adjacent to an activating group) is 1. The van der Waals surface area contributed by atoms with Crippen LogP contribution in [0, 0.1) is 12.7 Å². The number of rotatable bonds is 4. The van der Waals surface area contributed by atoms with Crippen molar-refractivity contribution in [1.82, 2.24) is 4.90 Å². The van der Waals surface area contributed by atoms with Gasteiger partial charge in [0.15, 0.2) is 0 Å². The second-order valence-corrected chi connectivity index (χ2v) is 5.30. The number of aryl methyl sites for hydroxylation is 1. The summed E-state index contributed by atoms with van der Waals surface area (Å²) in [6.07, 6.45) is 1.44. The first-order chi connectivity index (χ1) is 9.08. The van der Waals surface area contributed by atoms with E-state index in [-0.39, 0.29) is 5.82 Å².